The lowest BCUT2D eigenvalue weighted by Gasteiger charge is -2.25. The summed E-state index contributed by atoms with van der Waals surface area (Å²) in [6.07, 6.45) is 2.38. The Hall–Kier alpha value is -0.820. The second kappa shape index (κ2) is 5.49. The van der Waals surface area contributed by atoms with Crippen LogP contribution in [0.25, 0.3) is 0 Å². The molecule has 1 heteroatoms. The third kappa shape index (κ3) is 4.36. The molecule has 0 spiro atoms. The molecule has 0 saturated carbocycles. The Bertz CT molecular complexity index is 319. The maximum absolute atomic E-state index is 3.23. The van der Waals surface area contributed by atoms with Gasteiger partial charge in [0.05, 0.1) is 0 Å². The number of benzene rings is 1. The standard InChI is InChI=1S/C15H25N/c1-12-8-13(2)10-14(9-12)11-15(3,4)6-7-16-5/h8-10,16H,6-7,11H2,1-5H3. The van der Waals surface area contributed by atoms with Crippen molar-refractivity contribution >= 4 is 0 Å². The number of nitrogens with one attached hydrogen (secondary N) is 1. The van der Waals surface area contributed by atoms with Crippen LogP contribution < -0.4 is 5.32 Å². The Labute approximate surface area is 100 Å². The van der Waals surface area contributed by atoms with Gasteiger partial charge < -0.3 is 5.32 Å². The first-order chi connectivity index (χ1) is 7.43. The van der Waals surface area contributed by atoms with E-state index < -0.39 is 0 Å². The predicted octanol–water partition coefficient (Wildman–Crippen LogP) is 3.48. The topological polar surface area (TPSA) is 12.0 Å². The monoisotopic (exact) mass is 219 g/mol. The minimum atomic E-state index is 0.378. The first-order valence-electron chi connectivity index (χ1n) is 6.15. The molecule has 1 N–H and O–H groups in total. The van der Waals surface area contributed by atoms with Crippen LogP contribution in [0.1, 0.15) is 37.0 Å². The van der Waals surface area contributed by atoms with Crippen molar-refractivity contribution in [2.45, 2.75) is 40.5 Å². The van der Waals surface area contributed by atoms with Crippen LogP contribution in [0.4, 0.5) is 0 Å². The SMILES string of the molecule is CNCCC(C)(C)Cc1cc(C)cc(C)c1. The van der Waals surface area contributed by atoms with Crippen LogP contribution in [-0.2, 0) is 6.42 Å². The van der Waals surface area contributed by atoms with Gasteiger partial charge in [-0.2, -0.15) is 0 Å². The number of aryl methyl sites for hydroxylation is 2. The lowest BCUT2D eigenvalue weighted by molar-refractivity contribution is 0.329. The largest absolute Gasteiger partial charge is 0.320 e. The molecule has 0 aromatic heterocycles. The van der Waals surface area contributed by atoms with E-state index in [4.69, 9.17) is 0 Å². The van der Waals surface area contributed by atoms with Gasteiger partial charge in [0.1, 0.15) is 0 Å². The van der Waals surface area contributed by atoms with E-state index in [0.29, 0.717) is 5.41 Å². The van der Waals surface area contributed by atoms with Crippen molar-refractivity contribution in [2.75, 3.05) is 13.6 Å². The Morgan fingerprint density at radius 1 is 1.06 bits per heavy atom. The molecule has 1 aromatic rings. The minimum absolute atomic E-state index is 0.378. The number of hydrogen-bond donors (Lipinski definition) is 1. The second-order valence-corrected chi connectivity index (χ2v) is 5.69. The quantitative estimate of drug-likeness (QED) is 0.799. The summed E-state index contributed by atoms with van der Waals surface area (Å²) in [6, 6.07) is 6.87. The zero-order valence-corrected chi connectivity index (χ0v) is 11.4. The minimum Gasteiger partial charge on any atom is -0.320 e. The van der Waals surface area contributed by atoms with Gasteiger partial charge in [0.15, 0.2) is 0 Å². The van der Waals surface area contributed by atoms with Crippen LogP contribution in [0.5, 0.6) is 0 Å². The molecule has 16 heavy (non-hydrogen) atoms. The van der Waals surface area contributed by atoms with E-state index in [1.165, 1.54) is 23.1 Å². The van der Waals surface area contributed by atoms with Crippen LogP contribution in [0, 0.1) is 19.3 Å². The summed E-state index contributed by atoms with van der Waals surface area (Å²) in [7, 11) is 2.02. The van der Waals surface area contributed by atoms with Crippen molar-refractivity contribution in [3.8, 4) is 0 Å². The lowest BCUT2D eigenvalue weighted by atomic mass is 9.82. The fraction of sp³-hybridized carbons (Fsp3) is 0.600. The highest BCUT2D eigenvalue weighted by atomic mass is 14.8. The molecule has 0 saturated heterocycles. The van der Waals surface area contributed by atoms with Crippen molar-refractivity contribution in [3.63, 3.8) is 0 Å². The molecule has 0 unspecified atom stereocenters. The predicted molar refractivity (Wildman–Crippen MR) is 71.9 cm³/mol. The average Bonchev–Trinajstić information content (AvgIpc) is 2.12. The molecule has 0 fully saturated rings. The van der Waals surface area contributed by atoms with E-state index in [-0.39, 0.29) is 0 Å². The van der Waals surface area contributed by atoms with Crippen molar-refractivity contribution in [3.05, 3.63) is 34.9 Å². The number of hydrogen-bond acceptors (Lipinski definition) is 1. The van der Waals surface area contributed by atoms with Crippen LogP contribution in [0.15, 0.2) is 18.2 Å². The van der Waals surface area contributed by atoms with Crippen LogP contribution >= 0.6 is 0 Å². The van der Waals surface area contributed by atoms with Gasteiger partial charge in [-0.3, -0.25) is 0 Å². The van der Waals surface area contributed by atoms with Gasteiger partial charge in [0.2, 0.25) is 0 Å². The molecule has 0 bridgehead atoms. The molecule has 0 aliphatic heterocycles. The summed E-state index contributed by atoms with van der Waals surface area (Å²) >= 11 is 0. The molecule has 1 rings (SSSR count). The van der Waals surface area contributed by atoms with E-state index in [1.54, 1.807) is 0 Å². The van der Waals surface area contributed by atoms with Crippen LogP contribution in [-0.4, -0.2) is 13.6 Å². The first-order valence-corrected chi connectivity index (χ1v) is 6.15. The van der Waals surface area contributed by atoms with Crippen molar-refractivity contribution in [1.29, 1.82) is 0 Å². The Morgan fingerprint density at radius 3 is 2.12 bits per heavy atom. The number of rotatable bonds is 5. The molecule has 0 aliphatic rings. The van der Waals surface area contributed by atoms with Crippen molar-refractivity contribution in [1.82, 2.24) is 5.32 Å². The summed E-state index contributed by atoms with van der Waals surface area (Å²) in [6.45, 7) is 10.1. The van der Waals surface area contributed by atoms with E-state index >= 15 is 0 Å². The third-order valence-electron chi connectivity index (χ3n) is 3.02. The molecule has 0 heterocycles. The Balaban J connectivity index is 2.71. The van der Waals surface area contributed by atoms with Gasteiger partial charge in [0, 0.05) is 0 Å². The molecular weight excluding hydrogens is 194 g/mol. The van der Waals surface area contributed by atoms with Crippen LogP contribution in [0.2, 0.25) is 0 Å². The van der Waals surface area contributed by atoms with E-state index in [1.807, 2.05) is 7.05 Å². The van der Waals surface area contributed by atoms with Gasteiger partial charge in [0.25, 0.3) is 0 Å². The zero-order chi connectivity index (χ0) is 12.2. The van der Waals surface area contributed by atoms with Gasteiger partial charge in [-0.25, -0.2) is 0 Å². The third-order valence-corrected chi connectivity index (χ3v) is 3.02. The zero-order valence-electron chi connectivity index (χ0n) is 11.4. The van der Waals surface area contributed by atoms with Crippen LogP contribution in [0.3, 0.4) is 0 Å². The summed E-state index contributed by atoms with van der Waals surface area (Å²) in [5.74, 6) is 0. The van der Waals surface area contributed by atoms with Gasteiger partial charge in [-0.05, 0) is 51.3 Å². The van der Waals surface area contributed by atoms with Gasteiger partial charge in [-0.15, -0.1) is 0 Å². The Morgan fingerprint density at radius 2 is 1.62 bits per heavy atom. The Kier molecular flexibility index (Phi) is 4.55. The molecule has 0 radical (unpaired) electrons. The highest BCUT2D eigenvalue weighted by Crippen LogP contribution is 2.26. The summed E-state index contributed by atoms with van der Waals surface area (Å²) in [4.78, 5) is 0. The van der Waals surface area contributed by atoms with Crippen molar-refractivity contribution < 1.29 is 0 Å². The lowest BCUT2D eigenvalue weighted by Crippen LogP contribution is -2.21. The van der Waals surface area contributed by atoms with E-state index in [9.17, 15) is 0 Å². The van der Waals surface area contributed by atoms with E-state index in [0.717, 1.165) is 13.0 Å². The molecule has 0 amide bonds. The maximum atomic E-state index is 3.23. The van der Waals surface area contributed by atoms with Gasteiger partial charge in [-0.1, -0.05) is 43.2 Å². The molecule has 1 aromatic carbocycles. The molecule has 0 aliphatic carbocycles. The molecule has 90 valence electrons. The highest BCUT2D eigenvalue weighted by molar-refractivity contribution is 5.29. The highest BCUT2D eigenvalue weighted by Gasteiger charge is 2.17. The maximum Gasteiger partial charge on any atom is -0.00467 e. The normalized spacial score (nSPS) is 11.8. The molecular formula is C15H25N. The summed E-state index contributed by atoms with van der Waals surface area (Å²) < 4.78 is 0. The van der Waals surface area contributed by atoms with E-state index in [2.05, 4.69) is 51.2 Å². The molecule has 1 nitrogen and oxygen atoms in total. The summed E-state index contributed by atoms with van der Waals surface area (Å²) in [5, 5.41) is 3.23. The fourth-order valence-corrected chi connectivity index (χ4v) is 2.28. The van der Waals surface area contributed by atoms with Gasteiger partial charge >= 0.3 is 0 Å². The summed E-state index contributed by atoms with van der Waals surface area (Å²) in [5.41, 5.74) is 4.60. The smallest absolute Gasteiger partial charge is 0.00467 e. The second-order valence-electron chi connectivity index (χ2n) is 5.69. The first kappa shape index (κ1) is 13.2. The molecule has 0 atom stereocenters. The average molecular weight is 219 g/mol. The van der Waals surface area contributed by atoms with Crippen molar-refractivity contribution in [2.24, 2.45) is 5.41 Å². The fourth-order valence-electron chi connectivity index (χ4n) is 2.28.